The van der Waals surface area contributed by atoms with E-state index in [2.05, 4.69) is 64.6 Å². The van der Waals surface area contributed by atoms with Crippen LogP contribution in [0.15, 0.2) is 30.3 Å². The lowest BCUT2D eigenvalue weighted by atomic mass is 9.89. The van der Waals surface area contributed by atoms with Gasteiger partial charge < -0.3 is 10.2 Å². The number of rotatable bonds is 6. The highest BCUT2D eigenvalue weighted by Gasteiger charge is 2.17. The number of nitrogens with one attached hydrogen (secondary N) is 1. The number of aryl methyl sites for hydroxylation is 2. The van der Waals surface area contributed by atoms with Crippen molar-refractivity contribution in [1.82, 2.24) is 15.1 Å². The number of benzene rings is 1. The van der Waals surface area contributed by atoms with E-state index in [0.29, 0.717) is 0 Å². The zero-order valence-corrected chi connectivity index (χ0v) is 15.9. The smallest absolute Gasteiger partial charge is 0.149 e. The monoisotopic (exact) mass is 368 g/mol. The van der Waals surface area contributed by atoms with Gasteiger partial charge in [-0.25, -0.2) is 0 Å². The van der Waals surface area contributed by atoms with Crippen LogP contribution in [0.3, 0.4) is 0 Å². The predicted octanol–water partition coefficient (Wildman–Crippen LogP) is 3.84. The van der Waals surface area contributed by atoms with Gasteiger partial charge >= 0.3 is 0 Å². The van der Waals surface area contributed by atoms with Gasteiger partial charge in [0.2, 0.25) is 0 Å². The second-order valence-corrected chi connectivity index (χ2v) is 5.71. The normalized spacial score (nSPS) is 11.8. The molecule has 2 aromatic rings. The van der Waals surface area contributed by atoms with Gasteiger partial charge in [0.15, 0.2) is 0 Å². The molecule has 1 heterocycles. The van der Waals surface area contributed by atoms with Crippen LogP contribution in [-0.4, -0.2) is 41.3 Å². The zero-order valence-electron chi connectivity index (χ0n) is 14.3. The molecule has 0 saturated carbocycles. The van der Waals surface area contributed by atoms with E-state index in [4.69, 9.17) is 0 Å². The Bertz CT molecular complexity index is 645. The number of nitrogens with zero attached hydrogens (tertiary/aromatic N) is 3. The molecule has 0 fully saturated rings. The Hall–Kier alpha value is -1.36. The summed E-state index contributed by atoms with van der Waals surface area (Å²) in [6, 6.07) is 10.7. The summed E-state index contributed by atoms with van der Waals surface area (Å²) < 4.78 is 0. The van der Waals surface area contributed by atoms with E-state index in [9.17, 15) is 0 Å². The van der Waals surface area contributed by atoms with Crippen molar-refractivity contribution in [3.8, 4) is 11.3 Å². The van der Waals surface area contributed by atoms with Crippen LogP contribution in [0.25, 0.3) is 11.3 Å². The predicted molar refractivity (Wildman–Crippen MR) is 106 cm³/mol. The maximum atomic E-state index is 4.47. The van der Waals surface area contributed by atoms with E-state index in [-0.39, 0.29) is 24.8 Å². The number of aromatic nitrogens is 2. The highest BCUT2D eigenvalue weighted by atomic mass is 35.5. The lowest BCUT2D eigenvalue weighted by Crippen LogP contribution is -2.28. The third kappa shape index (κ3) is 4.59. The summed E-state index contributed by atoms with van der Waals surface area (Å²) >= 11 is 0. The first-order chi connectivity index (χ1) is 10.8. The molecule has 0 aliphatic heterocycles. The summed E-state index contributed by atoms with van der Waals surface area (Å²) in [6.07, 6.45) is 2.14. The molecule has 1 N–H and O–H groups in total. The second-order valence-electron chi connectivity index (χ2n) is 5.71. The van der Waals surface area contributed by atoms with E-state index >= 15 is 0 Å². The van der Waals surface area contributed by atoms with E-state index in [0.717, 1.165) is 50.5 Å². The average Bonchev–Trinajstić information content (AvgIpc) is 2.58. The molecule has 132 valence electrons. The van der Waals surface area contributed by atoms with Crippen LogP contribution in [0.5, 0.6) is 0 Å². The maximum absolute atomic E-state index is 4.47. The van der Waals surface area contributed by atoms with Gasteiger partial charge in [-0.1, -0.05) is 38.1 Å². The highest BCUT2D eigenvalue weighted by Crippen LogP contribution is 2.31. The lowest BCUT2D eigenvalue weighted by molar-refractivity contribution is 0.316. The van der Waals surface area contributed by atoms with Gasteiger partial charge in [-0.05, 0) is 43.1 Å². The molecular weight excluding hydrogens is 343 g/mol. The molecular formula is C18H26Cl2N4. The second kappa shape index (κ2) is 9.82. The fraction of sp³-hybridized carbons (Fsp3) is 0.444. The molecule has 6 heteroatoms. The van der Waals surface area contributed by atoms with E-state index in [1.165, 1.54) is 16.7 Å². The average molecular weight is 369 g/mol. The Morgan fingerprint density at radius 3 is 2.46 bits per heavy atom. The first-order valence-electron chi connectivity index (χ1n) is 8.23. The van der Waals surface area contributed by atoms with Crippen molar-refractivity contribution in [1.29, 1.82) is 0 Å². The van der Waals surface area contributed by atoms with Crippen LogP contribution in [0, 0.1) is 0 Å². The number of hydrogen-bond acceptors (Lipinski definition) is 4. The number of halogens is 2. The van der Waals surface area contributed by atoms with Crippen molar-refractivity contribution in [2.75, 3.05) is 31.5 Å². The Kier molecular flexibility index (Phi) is 8.46. The Labute approximate surface area is 156 Å². The van der Waals surface area contributed by atoms with Gasteiger partial charge in [-0.2, -0.15) is 0 Å². The summed E-state index contributed by atoms with van der Waals surface area (Å²) in [6.45, 7) is 8.51. The summed E-state index contributed by atoms with van der Waals surface area (Å²) in [5, 5.41) is 12.2. The molecule has 3 rings (SSSR count). The minimum atomic E-state index is 0. The first-order valence-corrected chi connectivity index (χ1v) is 8.23. The summed E-state index contributed by atoms with van der Waals surface area (Å²) in [7, 11) is 0. The summed E-state index contributed by atoms with van der Waals surface area (Å²) in [5.41, 5.74) is 4.98. The third-order valence-electron chi connectivity index (χ3n) is 4.44. The van der Waals surface area contributed by atoms with Gasteiger partial charge in [0.25, 0.3) is 0 Å². The largest absolute Gasteiger partial charge is 0.367 e. The standard InChI is InChI=1S/C18H24N4.2ClH/c1-3-22(4-2)12-11-19-17-13-15-10-9-14-7-5-6-8-16(14)18(15)21-20-17;;/h5-8,13H,3-4,9-12H2,1-2H3,(H,19,20);2*1H. The van der Waals surface area contributed by atoms with Crippen molar-refractivity contribution < 1.29 is 0 Å². The molecule has 1 aliphatic carbocycles. The quantitative estimate of drug-likeness (QED) is 0.840. The van der Waals surface area contributed by atoms with Crippen LogP contribution < -0.4 is 5.32 Å². The topological polar surface area (TPSA) is 41.0 Å². The zero-order chi connectivity index (χ0) is 15.4. The molecule has 1 aromatic carbocycles. The van der Waals surface area contributed by atoms with Crippen LogP contribution in [0.2, 0.25) is 0 Å². The van der Waals surface area contributed by atoms with Gasteiger partial charge in [-0.15, -0.1) is 35.0 Å². The minimum absolute atomic E-state index is 0. The molecule has 0 spiro atoms. The van der Waals surface area contributed by atoms with Crippen molar-refractivity contribution in [3.05, 3.63) is 41.5 Å². The molecule has 0 bridgehead atoms. The van der Waals surface area contributed by atoms with Crippen molar-refractivity contribution in [3.63, 3.8) is 0 Å². The fourth-order valence-corrected chi connectivity index (χ4v) is 3.05. The third-order valence-corrected chi connectivity index (χ3v) is 4.44. The number of hydrogen-bond donors (Lipinski definition) is 1. The molecule has 0 amide bonds. The Morgan fingerprint density at radius 2 is 1.71 bits per heavy atom. The lowest BCUT2D eigenvalue weighted by Gasteiger charge is -2.20. The molecule has 1 aromatic heterocycles. The molecule has 24 heavy (non-hydrogen) atoms. The Morgan fingerprint density at radius 1 is 1.00 bits per heavy atom. The molecule has 4 nitrogen and oxygen atoms in total. The van der Waals surface area contributed by atoms with E-state index < -0.39 is 0 Å². The van der Waals surface area contributed by atoms with Crippen LogP contribution in [-0.2, 0) is 12.8 Å². The van der Waals surface area contributed by atoms with Crippen LogP contribution >= 0.6 is 24.8 Å². The maximum Gasteiger partial charge on any atom is 0.149 e. The van der Waals surface area contributed by atoms with Gasteiger partial charge in [0, 0.05) is 18.7 Å². The molecule has 1 aliphatic rings. The van der Waals surface area contributed by atoms with Gasteiger partial charge in [0.05, 0.1) is 5.69 Å². The Balaban J connectivity index is 0.00000144. The first kappa shape index (κ1) is 20.7. The van der Waals surface area contributed by atoms with Gasteiger partial charge in [-0.3, -0.25) is 0 Å². The van der Waals surface area contributed by atoms with Gasteiger partial charge in [0.1, 0.15) is 5.82 Å². The molecule has 0 radical (unpaired) electrons. The summed E-state index contributed by atoms with van der Waals surface area (Å²) in [5.74, 6) is 0.894. The van der Waals surface area contributed by atoms with E-state index in [1.54, 1.807) is 0 Å². The van der Waals surface area contributed by atoms with Crippen LogP contribution in [0.1, 0.15) is 25.0 Å². The van der Waals surface area contributed by atoms with E-state index in [1.807, 2.05) is 0 Å². The van der Waals surface area contributed by atoms with Crippen LogP contribution in [0.4, 0.5) is 5.82 Å². The highest BCUT2D eigenvalue weighted by molar-refractivity contribution is 5.85. The number of fused-ring (bicyclic) bond motifs is 3. The number of likely N-dealkylation sites (N-methyl/N-ethyl adjacent to an activating group) is 1. The van der Waals surface area contributed by atoms with Crippen molar-refractivity contribution in [2.24, 2.45) is 0 Å². The molecule has 0 saturated heterocycles. The molecule has 0 atom stereocenters. The summed E-state index contributed by atoms with van der Waals surface area (Å²) in [4.78, 5) is 2.40. The van der Waals surface area contributed by atoms with Crippen molar-refractivity contribution >= 4 is 30.6 Å². The van der Waals surface area contributed by atoms with Crippen molar-refractivity contribution in [2.45, 2.75) is 26.7 Å². The minimum Gasteiger partial charge on any atom is -0.367 e. The molecule has 0 unspecified atom stereocenters. The number of anilines is 1. The SMILES string of the molecule is CCN(CC)CCNc1cc2c(nn1)-c1ccccc1CC2.Cl.Cl. The fourth-order valence-electron chi connectivity index (χ4n) is 3.05.